The summed E-state index contributed by atoms with van der Waals surface area (Å²) in [7, 11) is 0. The van der Waals surface area contributed by atoms with E-state index in [4.69, 9.17) is 0 Å². The maximum absolute atomic E-state index is 14.0. The van der Waals surface area contributed by atoms with Gasteiger partial charge in [-0.15, -0.1) is 11.8 Å². The molecule has 0 radical (unpaired) electrons. The Bertz CT molecular complexity index is 1120. The van der Waals surface area contributed by atoms with Gasteiger partial charge in [0.2, 0.25) is 5.91 Å². The fourth-order valence-electron chi connectivity index (χ4n) is 3.26. The lowest BCUT2D eigenvalue weighted by atomic mass is 10.1. The second-order valence-corrected chi connectivity index (χ2v) is 7.99. The number of benzene rings is 3. The minimum atomic E-state index is -0.589. The van der Waals surface area contributed by atoms with Gasteiger partial charge in [0.05, 0.1) is 11.3 Å². The molecule has 0 unspecified atom stereocenters. The van der Waals surface area contributed by atoms with Gasteiger partial charge >= 0.3 is 0 Å². The third-order valence-corrected chi connectivity index (χ3v) is 6.09. The largest absolute Gasteiger partial charge is 0.322 e. The summed E-state index contributed by atoms with van der Waals surface area (Å²) in [5, 5.41) is 2.37. The first kappa shape index (κ1) is 20.1. The number of amides is 2. The number of nitrogens with one attached hydrogen (secondary N) is 1. The molecule has 4 nitrogen and oxygen atoms in total. The van der Waals surface area contributed by atoms with Gasteiger partial charge in [-0.3, -0.25) is 14.5 Å². The number of anilines is 2. The zero-order valence-corrected chi connectivity index (χ0v) is 16.9. The third kappa shape index (κ3) is 3.93. The molecule has 0 saturated carbocycles. The molecule has 0 aliphatic carbocycles. The van der Waals surface area contributed by atoms with Crippen LogP contribution >= 0.6 is 11.8 Å². The fraction of sp³-hybridized carbons (Fsp3) is 0.130. The van der Waals surface area contributed by atoms with Crippen LogP contribution in [0.25, 0.3) is 0 Å². The summed E-state index contributed by atoms with van der Waals surface area (Å²) >= 11 is 1.45. The van der Waals surface area contributed by atoms with Crippen LogP contribution in [0.15, 0.2) is 66.7 Å². The van der Waals surface area contributed by atoms with E-state index in [1.165, 1.54) is 36.0 Å². The Morgan fingerprint density at radius 1 is 1.03 bits per heavy atom. The van der Waals surface area contributed by atoms with Crippen LogP contribution in [0.4, 0.5) is 20.2 Å². The van der Waals surface area contributed by atoms with E-state index in [1.807, 2.05) is 0 Å². The molecule has 1 aliphatic heterocycles. The van der Waals surface area contributed by atoms with Gasteiger partial charge in [-0.25, -0.2) is 8.78 Å². The van der Waals surface area contributed by atoms with Crippen LogP contribution in [-0.4, -0.2) is 17.6 Å². The van der Waals surface area contributed by atoms with Crippen molar-refractivity contribution in [1.29, 1.82) is 0 Å². The Hall–Kier alpha value is -3.19. The number of nitrogens with zero attached hydrogens (tertiary/aromatic N) is 1. The van der Waals surface area contributed by atoms with Crippen LogP contribution in [0.1, 0.15) is 26.9 Å². The molecule has 1 fully saturated rings. The first-order valence-electron chi connectivity index (χ1n) is 9.29. The number of aryl methyl sites for hydroxylation is 1. The lowest BCUT2D eigenvalue weighted by Crippen LogP contribution is -2.28. The summed E-state index contributed by atoms with van der Waals surface area (Å²) in [6.07, 6.45) is 0. The molecule has 1 heterocycles. The number of carbonyl (C=O) groups is 2. The SMILES string of the molecule is Cc1ccc(N2C(=O)CS[C@H]2c2ccc(NC(=O)c3ccccc3F)cc2)cc1F. The third-order valence-electron chi connectivity index (χ3n) is 4.87. The number of hydrogen-bond acceptors (Lipinski definition) is 3. The zero-order chi connectivity index (χ0) is 21.3. The first-order valence-corrected chi connectivity index (χ1v) is 10.3. The molecule has 3 aromatic carbocycles. The molecule has 0 spiro atoms. The van der Waals surface area contributed by atoms with E-state index in [0.717, 1.165) is 5.56 Å². The van der Waals surface area contributed by atoms with E-state index in [0.29, 0.717) is 22.7 Å². The number of rotatable bonds is 4. The Kier molecular flexibility index (Phi) is 5.55. The number of halogens is 2. The van der Waals surface area contributed by atoms with E-state index >= 15 is 0 Å². The second-order valence-electron chi connectivity index (χ2n) is 6.92. The maximum atomic E-state index is 14.0. The van der Waals surface area contributed by atoms with Crippen LogP contribution in [-0.2, 0) is 4.79 Å². The van der Waals surface area contributed by atoms with E-state index < -0.39 is 11.7 Å². The predicted octanol–water partition coefficient (Wildman–Crippen LogP) is 5.30. The van der Waals surface area contributed by atoms with Crippen molar-refractivity contribution in [3.05, 3.63) is 95.1 Å². The van der Waals surface area contributed by atoms with Gasteiger partial charge in [0.1, 0.15) is 17.0 Å². The normalized spacial score (nSPS) is 16.0. The Balaban J connectivity index is 1.54. The molecular formula is C23H18F2N2O2S. The summed E-state index contributed by atoms with van der Waals surface area (Å²) < 4.78 is 27.8. The Morgan fingerprint density at radius 3 is 2.47 bits per heavy atom. The van der Waals surface area contributed by atoms with Crippen molar-refractivity contribution in [3.63, 3.8) is 0 Å². The quantitative estimate of drug-likeness (QED) is 0.618. The van der Waals surface area contributed by atoms with Gasteiger partial charge in [-0.2, -0.15) is 0 Å². The Morgan fingerprint density at radius 2 is 1.77 bits per heavy atom. The highest BCUT2D eigenvalue weighted by atomic mass is 32.2. The van der Waals surface area contributed by atoms with Gasteiger partial charge in [-0.05, 0) is 54.4 Å². The van der Waals surface area contributed by atoms with Gasteiger partial charge in [0.25, 0.3) is 5.91 Å². The topological polar surface area (TPSA) is 49.4 Å². The number of thioether (sulfide) groups is 1. The van der Waals surface area contributed by atoms with Crippen molar-refractivity contribution in [3.8, 4) is 0 Å². The second kappa shape index (κ2) is 8.28. The first-order chi connectivity index (χ1) is 14.4. The molecule has 2 amide bonds. The molecule has 0 bridgehead atoms. The highest BCUT2D eigenvalue weighted by Gasteiger charge is 2.34. The van der Waals surface area contributed by atoms with E-state index in [9.17, 15) is 18.4 Å². The summed E-state index contributed by atoms with van der Waals surface area (Å²) in [5.41, 5.74) is 2.34. The lowest BCUT2D eigenvalue weighted by molar-refractivity contribution is -0.115. The minimum absolute atomic E-state index is 0.0360. The lowest BCUT2D eigenvalue weighted by Gasteiger charge is -2.25. The van der Waals surface area contributed by atoms with Gasteiger partial charge in [0.15, 0.2) is 0 Å². The molecule has 30 heavy (non-hydrogen) atoms. The van der Waals surface area contributed by atoms with Gasteiger partial charge < -0.3 is 5.32 Å². The molecule has 1 saturated heterocycles. The van der Waals surface area contributed by atoms with Crippen molar-refractivity contribution in [2.75, 3.05) is 16.0 Å². The predicted molar refractivity (Wildman–Crippen MR) is 115 cm³/mol. The molecule has 1 atom stereocenters. The smallest absolute Gasteiger partial charge is 0.258 e. The van der Waals surface area contributed by atoms with Crippen molar-refractivity contribution in [1.82, 2.24) is 0 Å². The average Bonchev–Trinajstić information content (AvgIpc) is 3.12. The highest BCUT2D eigenvalue weighted by molar-refractivity contribution is 8.00. The van der Waals surface area contributed by atoms with Crippen LogP contribution < -0.4 is 10.2 Å². The molecule has 1 N–H and O–H groups in total. The average molecular weight is 424 g/mol. The molecule has 0 aromatic heterocycles. The molecule has 7 heteroatoms. The van der Waals surface area contributed by atoms with Crippen LogP contribution in [0.5, 0.6) is 0 Å². The fourth-order valence-corrected chi connectivity index (χ4v) is 4.43. The highest BCUT2D eigenvalue weighted by Crippen LogP contribution is 2.42. The Labute approximate surface area is 176 Å². The number of carbonyl (C=O) groups excluding carboxylic acids is 2. The molecule has 1 aliphatic rings. The molecule has 152 valence electrons. The van der Waals surface area contributed by atoms with E-state index in [2.05, 4.69) is 5.32 Å². The monoisotopic (exact) mass is 424 g/mol. The van der Waals surface area contributed by atoms with Gasteiger partial charge in [0, 0.05) is 11.4 Å². The van der Waals surface area contributed by atoms with Crippen LogP contribution in [0.2, 0.25) is 0 Å². The molecule has 3 aromatic rings. The van der Waals surface area contributed by atoms with Gasteiger partial charge in [-0.1, -0.05) is 30.3 Å². The summed E-state index contributed by atoms with van der Waals surface area (Å²) in [6.45, 7) is 1.67. The van der Waals surface area contributed by atoms with Crippen molar-refractivity contribution in [2.24, 2.45) is 0 Å². The van der Waals surface area contributed by atoms with Crippen LogP contribution in [0, 0.1) is 18.6 Å². The minimum Gasteiger partial charge on any atom is -0.322 e. The van der Waals surface area contributed by atoms with Crippen molar-refractivity contribution < 1.29 is 18.4 Å². The number of hydrogen-bond donors (Lipinski definition) is 1. The zero-order valence-electron chi connectivity index (χ0n) is 16.1. The van der Waals surface area contributed by atoms with Crippen molar-refractivity contribution >= 4 is 35.0 Å². The summed E-state index contributed by atoms with van der Waals surface area (Å²) in [5.74, 6) is -1.28. The molecule has 4 rings (SSSR count). The molecular weight excluding hydrogens is 406 g/mol. The standard InChI is InChI=1S/C23H18F2N2O2S/c1-14-6-11-17(12-20(14)25)27-21(28)13-30-23(27)15-7-9-16(10-8-15)26-22(29)18-4-2-3-5-19(18)24/h2-12,23H,13H2,1H3,(H,26,29)/t23-/m0/s1. The maximum Gasteiger partial charge on any atom is 0.258 e. The van der Waals surface area contributed by atoms with Crippen LogP contribution in [0.3, 0.4) is 0 Å². The van der Waals surface area contributed by atoms with Crippen molar-refractivity contribution in [2.45, 2.75) is 12.3 Å². The summed E-state index contributed by atoms with van der Waals surface area (Å²) in [6, 6.07) is 17.5. The summed E-state index contributed by atoms with van der Waals surface area (Å²) in [4.78, 5) is 26.3. The van der Waals surface area contributed by atoms with E-state index in [-0.39, 0.29) is 22.7 Å². The van der Waals surface area contributed by atoms with E-state index in [1.54, 1.807) is 54.3 Å².